The number of pyridine rings is 1. The van der Waals surface area contributed by atoms with E-state index < -0.39 is 0 Å². The summed E-state index contributed by atoms with van der Waals surface area (Å²) in [5.74, 6) is 0.879. The minimum Gasteiger partial charge on any atom is -0.494 e. The van der Waals surface area contributed by atoms with Crippen LogP contribution in [-0.2, 0) is 11.2 Å². The van der Waals surface area contributed by atoms with Crippen molar-refractivity contribution >= 4 is 22.9 Å². The van der Waals surface area contributed by atoms with Gasteiger partial charge in [-0.15, -0.1) is 0 Å². The van der Waals surface area contributed by atoms with E-state index in [1.807, 2.05) is 36.5 Å². The van der Waals surface area contributed by atoms with Crippen LogP contribution in [0.5, 0.6) is 5.75 Å². The van der Waals surface area contributed by atoms with Crippen molar-refractivity contribution in [2.75, 3.05) is 23.8 Å². The fraction of sp³-hybridized carbons (Fsp3) is 0.310. The Balaban J connectivity index is 1.18. The molecule has 0 bridgehead atoms. The molecule has 35 heavy (non-hydrogen) atoms. The summed E-state index contributed by atoms with van der Waals surface area (Å²) in [5.41, 5.74) is 8.06. The first-order chi connectivity index (χ1) is 17.2. The predicted molar refractivity (Wildman–Crippen MR) is 140 cm³/mol. The highest BCUT2D eigenvalue weighted by atomic mass is 16.5. The molecule has 0 aliphatic carbocycles. The molecule has 3 aromatic rings. The lowest BCUT2D eigenvalue weighted by Gasteiger charge is -2.15. The van der Waals surface area contributed by atoms with Gasteiger partial charge in [-0.2, -0.15) is 0 Å². The number of anilines is 2. The Morgan fingerprint density at radius 1 is 1.11 bits per heavy atom. The molecule has 3 N–H and O–H groups in total. The fourth-order valence-corrected chi connectivity index (χ4v) is 5.46. The average Bonchev–Trinajstić information content (AvgIpc) is 3.62. The van der Waals surface area contributed by atoms with Gasteiger partial charge in [0.1, 0.15) is 5.75 Å². The number of benzene rings is 2. The monoisotopic (exact) mass is 466 g/mol. The van der Waals surface area contributed by atoms with E-state index in [4.69, 9.17) is 4.74 Å². The Morgan fingerprint density at radius 2 is 2.06 bits per heavy atom. The number of hydrogen-bond acceptors (Lipinski definition) is 5. The molecule has 3 aliphatic heterocycles. The van der Waals surface area contributed by atoms with Gasteiger partial charge in [-0.1, -0.05) is 18.2 Å². The van der Waals surface area contributed by atoms with Crippen molar-refractivity contribution in [2.45, 2.75) is 44.7 Å². The number of amides is 1. The van der Waals surface area contributed by atoms with Crippen molar-refractivity contribution in [2.24, 2.45) is 0 Å². The summed E-state index contributed by atoms with van der Waals surface area (Å²) in [6.45, 7) is 3.92. The number of aromatic nitrogens is 1. The summed E-state index contributed by atoms with van der Waals surface area (Å²) >= 11 is 0. The van der Waals surface area contributed by atoms with Gasteiger partial charge in [0.05, 0.1) is 12.6 Å². The summed E-state index contributed by atoms with van der Waals surface area (Å²) in [4.78, 5) is 17.2. The van der Waals surface area contributed by atoms with Gasteiger partial charge in [0.2, 0.25) is 0 Å². The second-order valence-corrected chi connectivity index (χ2v) is 9.66. The van der Waals surface area contributed by atoms with Crippen LogP contribution in [0.25, 0.3) is 16.7 Å². The molecule has 6 nitrogen and oxygen atoms in total. The molecule has 2 unspecified atom stereocenters. The first kappa shape index (κ1) is 21.9. The molecule has 3 aliphatic rings. The van der Waals surface area contributed by atoms with Crippen LogP contribution in [0, 0.1) is 0 Å². The highest BCUT2D eigenvalue weighted by Crippen LogP contribution is 2.40. The van der Waals surface area contributed by atoms with Gasteiger partial charge >= 0.3 is 0 Å². The third-order valence-corrected chi connectivity index (χ3v) is 7.40. The first-order valence-electron chi connectivity index (χ1n) is 12.5. The van der Waals surface area contributed by atoms with Crippen LogP contribution in [0.1, 0.15) is 37.3 Å². The molecule has 1 fully saturated rings. The quantitative estimate of drug-likeness (QED) is 0.444. The molecule has 1 aromatic heterocycles. The molecule has 1 saturated heterocycles. The van der Waals surface area contributed by atoms with Crippen LogP contribution in [0.3, 0.4) is 0 Å². The van der Waals surface area contributed by atoms with E-state index in [2.05, 4.69) is 46.1 Å². The molecule has 2 atom stereocenters. The van der Waals surface area contributed by atoms with E-state index >= 15 is 0 Å². The Bertz CT molecular complexity index is 1300. The van der Waals surface area contributed by atoms with Crippen LogP contribution in [0.4, 0.5) is 11.4 Å². The van der Waals surface area contributed by atoms with Crippen LogP contribution in [0.2, 0.25) is 0 Å². The van der Waals surface area contributed by atoms with Gasteiger partial charge in [-0.3, -0.25) is 9.78 Å². The van der Waals surface area contributed by atoms with Crippen molar-refractivity contribution in [1.82, 2.24) is 10.3 Å². The normalized spacial score (nSPS) is 21.8. The van der Waals surface area contributed by atoms with Crippen LogP contribution in [0.15, 0.2) is 66.5 Å². The highest BCUT2D eigenvalue weighted by molar-refractivity contribution is 6.32. The molecule has 4 heterocycles. The Labute approximate surface area is 205 Å². The topological polar surface area (TPSA) is 75.3 Å². The number of nitrogens with one attached hydrogen (secondary N) is 3. The second-order valence-electron chi connectivity index (χ2n) is 9.66. The van der Waals surface area contributed by atoms with E-state index in [1.165, 1.54) is 18.4 Å². The fourth-order valence-electron chi connectivity index (χ4n) is 5.46. The lowest BCUT2D eigenvalue weighted by molar-refractivity contribution is -0.110. The molecule has 0 saturated carbocycles. The molecule has 178 valence electrons. The maximum atomic E-state index is 13.0. The molecule has 0 spiro atoms. The largest absolute Gasteiger partial charge is 0.494 e. The predicted octanol–water partition coefficient (Wildman–Crippen LogP) is 5.03. The summed E-state index contributed by atoms with van der Waals surface area (Å²) in [6.07, 6.45) is 7.99. The van der Waals surface area contributed by atoms with E-state index in [0.717, 1.165) is 71.0 Å². The number of hydrogen-bond donors (Lipinski definition) is 3. The Hall–Kier alpha value is -3.64. The molecule has 6 heteroatoms. The van der Waals surface area contributed by atoms with Gasteiger partial charge < -0.3 is 20.7 Å². The summed E-state index contributed by atoms with van der Waals surface area (Å²) < 4.78 is 6.05. The number of carbonyl (C=O) groups excluding carboxylic acids is 1. The van der Waals surface area contributed by atoms with Crippen LogP contribution < -0.4 is 20.7 Å². The van der Waals surface area contributed by atoms with Crippen LogP contribution in [-0.4, -0.2) is 36.1 Å². The zero-order valence-electron chi connectivity index (χ0n) is 19.9. The van der Waals surface area contributed by atoms with Gasteiger partial charge in [-0.25, -0.2) is 0 Å². The van der Waals surface area contributed by atoms with Gasteiger partial charge in [0.25, 0.3) is 5.91 Å². The number of ether oxygens (including phenoxy) is 1. The molecule has 6 rings (SSSR count). The van der Waals surface area contributed by atoms with E-state index in [0.29, 0.717) is 6.04 Å². The standard InChI is InChI=1S/C29H30N4O2/c1-18(28-24-8-6-19(15-27(24)33-29(28)34)20-4-2-11-30-17-20)26-16-21-14-23(7-9-25(21)32-26)35-13-10-22-5-3-12-31-22/h2,4,6-9,11,14-15,17,22,26,31-32H,3,5,10,12-13,16H2,1H3,(H,33,34)/b28-18-. The molecular formula is C29H30N4O2. The smallest absolute Gasteiger partial charge is 0.256 e. The molecule has 1 amide bonds. The van der Waals surface area contributed by atoms with Crippen molar-refractivity contribution in [1.29, 1.82) is 0 Å². The van der Waals surface area contributed by atoms with E-state index in [9.17, 15) is 4.79 Å². The highest BCUT2D eigenvalue weighted by Gasteiger charge is 2.31. The van der Waals surface area contributed by atoms with E-state index in [-0.39, 0.29) is 11.9 Å². The number of fused-ring (bicyclic) bond motifs is 2. The summed E-state index contributed by atoms with van der Waals surface area (Å²) in [6, 6.07) is 17.0. The van der Waals surface area contributed by atoms with Crippen molar-refractivity contribution in [3.05, 3.63) is 77.6 Å². The van der Waals surface area contributed by atoms with Gasteiger partial charge in [-0.05, 0) is 86.2 Å². The van der Waals surface area contributed by atoms with Crippen molar-refractivity contribution < 1.29 is 9.53 Å². The Morgan fingerprint density at radius 3 is 2.89 bits per heavy atom. The maximum absolute atomic E-state index is 13.0. The molecule has 2 aromatic carbocycles. The zero-order valence-corrected chi connectivity index (χ0v) is 19.9. The number of carbonyl (C=O) groups is 1. The Kier molecular flexibility index (Phi) is 5.74. The minimum absolute atomic E-state index is 0.0388. The summed E-state index contributed by atoms with van der Waals surface area (Å²) in [7, 11) is 0. The van der Waals surface area contributed by atoms with Crippen molar-refractivity contribution in [3.63, 3.8) is 0 Å². The van der Waals surface area contributed by atoms with Gasteiger partial charge in [0, 0.05) is 46.5 Å². The number of rotatable bonds is 6. The van der Waals surface area contributed by atoms with Crippen molar-refractivity contribution in [3.8, 4) is 16.9 Å². The lowest BCUT2D eigenvalue weighted by Crippen LogP contribution is -2.23. The average molecular weight is 467 g/mol. The SMILES string of the molecule is C/C(=C1/C(=O)Nc2cc(-c3cccnc3)ccc21)C1Cc2cc(OCCC3CCCN3)ccc2N1. The first-order valence-corrected chi connectivity index (χ1v) is 12.5. The minimum atomic E-state index is -0.0388. The molecule has 0 radical (unpaired) electrons. The second kappa shape index (κ2) is 9.19. The third kappa shape index (κ3) is 4.30. The zero-order chi connectivity index (χ0) is 23.8. The maximum Gasteiger partial charge on any atom is 0.256 e. The van der Waals surface area contributed by atoms with Gasteiger partial charge in [0.15, 0.2) is 0 Å². The lowest BCUT2D eigenvalue weighted by atomic mass is 9.94. The van der Waals surface area contributed by atoms with E-state index in [1.54, 1.807) is 6.20 Å². The van der Waals surface area contributed by atoms with Crippen LogP contribution >= 0.6 is 0 Å². The summed E-state index contributed by atoms with van der Waals surface area (Å²) in [5, 5.41) is 10.2. The third-order valence-electron chi connectivity index (χ3n) is 7.40. The molecular weight excluding hydrogens is 436 g/mol. The number of nitrogens with zero attached hydrogens (tertiary/aromatic N) is 1.